The summed E-state index contributed by atoms with van der Waals surface area (Å²) in [4.78, 5) is 19.4. The number of hydrogen-bond donors (Lipinski definition) is 1. The minimum Gasteiger partial charge on any atom is -0.341 e. The number of carbonyl (C=O) groups excluding carboxylic acids is 1. The highest BCUT2D eigenvalue weighted by Gasteiger charge is 2.24. The summed E-state index contributed by atoms with van der Waals surface area (Å²) in [6, 6.07) is 0. The lowest BCUT2D eigenvalue weighted by Gasteiger charge is -2.28. The van der Waals surface area contributed by atoms with Crippen molar-refractivity contribution in [1.29, 1.82) is 0 Å². The maximum atomic E-state index is 12.6. The van der Waals surface area contributed by atoms with Gasteiger partial charge in [0.05, 0.1) is 5.69 Å². The molecule has 0 atom stereocenters. The van der Waals surface area contributed by atoms with Crippen molar-refractivity contribution < 1.29 is 4.79 Å². The van der Waals surface area contributed by atoms with Gasteiger partial charge in [-0.1, -0.05) is 13.8 Å². The molecule has 1 aromatic heterocycles. The Morgan fingerprint density at radius 2 is 2.05 bits per heavy atom. The van der Waals surface area contributed by atoms with Gasteiger partial charge < -0.3 is 14.8 Å². The molecule has 0 saturated carbocycles. The van der Waals surface area contributed by atoms with Gasteiger partial charge in [0, 0.05) is 44.2 Å². The van der Waals surface area contributed by atoms with Crippen molar-refractivity contribution in [2.45, 2.75) is 58.5 Å². The standard InChI is InChI=1S/C16H26N4O/c1-12(2)16-18-13-10-17-7-6-14(13)20(16)11-15(21)19-8-4-3-5-9-19/h12,17H,3-11H2,1-2H3. The predicted molar refractivity (Wildman–Crippen MR) is 82.2 cm³/mol. The highest BCUT2D eigenvalue weighted by atomic mass is 16.2. The number of aromatic nitrogens is 2. The Hall–Kier alpha value is -1.36. The summed E-state index contributed by atoms with van der Waals surface area (Å²) in [5, 5.41) is 3.37. The summed E-state index contributed by atoms with van der Waals surface area (Å²) in [6.45, 7) is 8.44. The third-order valence-corrected chi connectivity index (χ3v) is 4.53. The van der Waals surface area contributed by atoms with E-state index in [1.54, 1.807) is 0 Å². The molecule has 1 N–H and O–H groups in total. The van der Waals surface area contributed by atoms with Crippen LogP contribution in [0.2, 0.25) is 0 Å². The second-order valence-electron chi connectivity index (χ2n) is 6.47. The fraction of sp³-hybridized carbons (Fsp3) is 0.750. The predicted octanol–water partition coefficient (Wildman–Crippen LogP) is 1.66. The quantitative estimate of drug-likeness (QED) is 0.921. The molecule has 2 aliphatic rings. The second-order valence-corrected chi connectivity index (χ2v) is 6.47. The first-order valence-electron chi connectivity index (χ1n) is 8.23. The van der Waals surface area contributed by atoms with Gasteiger partial charge in [-0.2, -0.15) is 0 Å². The summed E-state index contributed by atoms with van der Waals surface area (Å²) in [7, 11) is 0. The average Bonchev–Trinajstić information content (AvgIpc) is 2.87. The van der Waals surface area contributed by atoms with E-state index in [0.717, 1.165) is 57.0 Å². The first-order chi connectivity index (χ1) is 10.2. The number of amides is 1. The van der Waals surface area contributed by atoms with Crippen molar-refractivity contribution in [3.8, 4) is 0 Å². The molecule has 3 heterocycles. The number of imidazole rings is 1. The molecular formula is C16H26N4O. The number of nitrogens with zero attached hydrogens (tertiary/aromatic N) is 3. The van der Waals surface area contributed by atoms with E-state index < -0.39 is 0 Å². The Morgan fingerprint density at radius 3 is 2.76 bits per heavy atom. The SMILES string of the molecule is CC(C)c1nc2c(n1CC(=O)N1CCCCC1)CCNC2. The van der Waals surface area contributed by atoms with Crippen molar-refractivity contribution in [3.05, 3.63) is 17.2 Å². The second kappa shape index (κ2) is 6.18. The van der Waals surface area contributed by atoms with Crippen molar-refractivity contribution in [3.63, 3.8) is 0 Å². The molecule has 1 aromatic rings. The van der Waals surface area contributed by atoms with Crippen molar-refractivity contribution >= 4 is 5.91 Å². The molecule has 116 valence electrons. The zero-order valence-electron chi connectivity index (χ0n) is 13.2. The Kier molecular flexibility index (Phi) is 4.29. The molecule has 0 aromatic carbocycles. The number of likely N-dealkylation sites (tertiary alicyclic amines) is 1. The van der Waals surface area contributed by atoms with E-state index in [0.29, 0.717) is 12.5 Å². The van der Waals surface area contributed by atoms with E-state index in [9.17, 15) is 4.79 Å². The molecule has 0 unspecified atom stereocenters. The van der Waals surface area contributed by atoms with Gasteiger partial charge in [-0.3, -0.25) is 4.79 Å². The Labute approximate surface area is 126 Å². The third-order valence-electron chi connectivity index (χ3n) is 4.53. The van der Waals surface area contributed by atoms with Gasteiger partial charge in [0.2, 0.25) is 5.91 Å². The molecule has 1 saturated heterocycles. The number of piperidine rings is 1. The van der Waals surface area contributed by atoms with Gasteiger partial charge in [0.1, 0.15) is 12.4 Å². The smallest absolute Gasteiger partial charge is 0.242 e. The van der Waals surface area contributed by atoms with Crippen LogP contribution in [-0.2, 0) is 24.3 Å². The number of carbonyl (C=O) groups is 1. The molecule has 0 bridgehead atoms. The molecule has 3 rings (SSSR count). The lowest BCUT2D eigenvalue weighted by molar-refractivity contribution is -0.132. The Bertz CT molecular complexity index is 515. The summed E-state index contributed by atoms with van der Waals surface area (Å²) in [5.41, 5.74) is 2.40. The summed E-state index contributed by atoms with van der Waals surface area (Å²) >= 11 is 0. The maximum Gasteiger partial charge on any atom is 0.242 e. The monoisotopic (exact) mass is 290 g/mol. The van der Waals surface area contributed by atoms with Crippen molar-refractivity contribution in [2.24, 2.45) is 0 Å². The first kappa shape index (κ1) is 14.6. The highest BCUT2D eigenvalue weighted by molar-refractivity contribution is 5.76. The van der Waals surface area contributed by atoms with Crippen molar-refractivity contribution in [1.82, 2.24) is 19.8 Å². The third kappa shape index (κ3) is 2.98. The van der Waals surface area contributed by atoms with Crippen LogP contribution in [0, 0.1) is 0 Å². The van der Waals surface area contributed by atoms with Crippen LogP contribution >= 0.6 is 0 Å². The van der Waals surface area contributed by atoms with E-state index in [-0.39, 0.29) is 5.91 Å². The fourth-order valence-corrected chi connectivity index (χ4v) is 3.39. The van der Waals surface area contributed by atoms with Crippen LogP contribution in [-0.4, -0.2) is 40.0 Å². The molecule has 21 heavy (non-hydrogen) atoms. The van der Waals surface area contributed by atoms with Crippen LogP contribution in [0.3, 0.4) is 0 Å². The zero-order chi connectivity index (χ0) is 14.8. The number of hydrogen-bond acceptors (Lipinski definition) is 3. The van der Waals surface area contributed by atoms with E-state index in [2.05, 4.69) is 23.7 Å². The Balaban J connectivity index is 1.83. The van der Waals surface area contributed by atoms with Crippen LogP contribution in [0.1, 0.15) is 56.2 Å². The molecule has 0 spiro atoms. The van der Waals surface area contributed by atoms with E-state index in [4.69, 9.17) is 4.98 Å². The van der Waals surface area contributed by atoms with E-state index >= 15 is 0 Å². The van der Waals surface area contributed by atoms with Crippen LogP contribution in [0.4, 0.5) is 0 Å². The minimum absolute atomic E-state index is 0.260. The molecule has 5 nitrogen and oxygen atoms in total. The highest BCUT2D eigenvalue weighted by Crippen LogP contribution is 2.22. The average molecular weight is 290 g/mol. The van der Waals surface area contributed by atoms with Gasteiger partial charge in [0.15, 0.2) is 0 Å². The molecule has 1 amide bonds. The van der Waals surface area contributed by atoms with Gasteiger partial charge in [-0.25, -0.2) is 4.98 Å². The normalized spacial score (nSPS) is 18.9. The summed E-state index contributed by atoms with van der Waals surface area (Å²) < 4.78 is 2.19. The zero-order valence-corrected chi connectivity index (χ0v) is 13.2. The lowest BCUT2D eigenvalue weighted by Crippen LogP contribution is -2.38. The number of rotatable bonds is 3. The van der Waals surface area contributed by atoms with E-state index in [1.165, 1.54) is 12.1 Å². The summed E-state index contributed by atoms with van der Waals surface area (Å²) in [6.07, 6.45) is 4.53. The molecular weight excluding hydrogens is 264 g/mol. The van der Waals surface area contributed by atoms with Gasteiger partial charge in [0.25, 0.3) is 0 Å². The minimum atomic E-state index is 0.260. The van der Waals surface area contributed by atoms with Crippen molar-refractivity contribution in [2.75, 3.05) is 19.6 Å². The van der Waals surface area contributed by atoms with Crippen LogP contribution < -0.4 is 5.32 Å². The largest absolute Gasteiger partial charge is 0.341 e. The van der Waals surface area contributed by atoms with Crippen LogP contribution in [0.5, 0.6) is 0 Å². The van der Waals surface area contributed by atoms with Crippen LogP contribution in [0.25, 0.3) is 0 Å². The first-order valence-corrected chi connectivity index (χ1v) is 8.23. The molecule has 2 aliphatic heterocycles. The lowest BCUT2D eigenvalue weighted by atomic mass is 10.1. The maximum absolute atomic E-state index is 12.6. The van der Waals surface area contributed by atoms with Crippen LogP contribution in [0.15, 0.2) is 0 Å². The molecule has 0 radical (unpaired) electrons. The number of fused-ring (bicyclic) bond motifs is 1. The van der Waals surface area contributed by atoms with Gasteiger partial charge in [-0.05, 0) is 19.3 Å². The molecule has 0 aliphatic carbocycles. The van der Waals surface area contributed by atoms with Gasteiger partial charge in [-0.15, -0.1) is 0 Å². The Morgan fingerprint density at radius 1 is 1.29 bits per heavy atom. The van der Waals surface area contributed by atoms with E-state index in [1.807, 2.05) is 4.90 Å². The topological polar surface area (TPSA) is 50.2 Å². The molecule has 1 fully saturated rings. The molecule has 5 heteroatoms. The summed E-state index contributed by atoms with van der Waals surface area (Å²) in [5.74, 6) is 1.68. The van der Waals surface area contributed by atoms with Gasteiger partial charge >= 0.3 is 0 Å². The fourth-order valence-electron chi connectivity index (χ4n) is 3.39. The number of nitrogens with one attached hydrogen (secondary N) is 1.